The molecule has 0 aliphatic carbocycles. The van der Waals surface area contributed by atoms with Crippen molar-refractivity contribution < 1.29 is 0 Å². The molecule has 0 amide bonds. The van der Waals surface area contributed by atoms with E-state index in [1.807, 2.05) is 12.3 Å². The van der Waals surface area contributed by atoms with Crippen LogP contribution in [-0.4, -0.2) is 29.8 Å². The van der Waals surface area contributed by atoms with Gasteiger partial charge in [-0.15, -0.1) is 0 Å². The molecule has 2 aliphatic rings. The number of fused-ring (bicyclic) bond motifs is 11. The van der Waals surface area contributed by atoms with Crippen molar-refractivity contribution in [3.63, 3.8) is 0 Å². The quantitative estimate of drug-likeness (QED) is 0.211. The van der Waals surface area contributed by atoms with Crippen molar-refractivity contribution in [1.29, 1.82) is 0 Å². The van der Waals surface area contributed by atoms with Crippen LogP contribution in [0.25, 0.3) is 54.9 Å². The van der Waals surface area contributed by atoms with Crippen molar-refractivity contribution in [2.75, 3.05) is 0 Å². The third-order valence-corrected chi connectivity index (χ3v) is 9.87. The van der Waals surface area contributed by atoms with E-state index in [0.29, 0.717) is 0 Å². The molecule has 7 aromatic rings. The fourth-order valence-electron chi connectivity index (χ4n) is 7.58. The molecule has 3 nitrogen and oxygen atoms in total. The summed E-state index contributed by atoms with van der Waals surface area (Å²) in [5, 5.41) is 4.24. The molecule has 192 valence electrons. The summed E-state index contributed by atoms with van der Waals surface area (Å²) in [5.41, 5.74) is 10.6. The normalized spacial score (nSPS) is 17.8. The van der Waals surface area contributed by atoms with Gasteiger partial charge >= 0.3 is 0 Å². The van der Waals surface area contributed by atoms with Gasteiger partial charge in [0.15, 0.2) is 0 Å². The Hall–Kier alpha value is -4.24. The first kappa shape index (κ1) is 23.5. The summed E-state index contributed by atoms with van der Waals surface area (Å²) >= 11 is 0. The van der Waals surface area contributed by atoms with Gasteiger partial charge in [0.05, 0.1) is 44.5 Å². The van der Waals surface area contributed by atoms with Gasteiger partial charge in [0.25, 0.3) is 0 Å². The first-order valence-corrected chi connectivity index (χ1v) is 14.4. The molecule has 2 unspecified atom stereocenters. The number of nitrogens with zero attached hydrogens (tertiary/aromatic N) is 3. The molecule has 0 saturated heterocycles. The lowest BCUT2D eigenvalue weighted by Crippen LogP contribution is -2.41. The lowest BCUT2D eigenvalue weighted by atomic mass is 9.41. The van der Waals surface area contributed by atoms with Crippen LogP contribution in [0.15, 0.2) is 97.2 Å². The van der Waals surface area contributed by atoms with Gasteiger partial charge in [-0.2, -0.15) is 0 Å². The molecule has 9 rings (SSSR count). The second-order valence-electron chi connectivity index (χ2n) is 12.9. The largest absolute Gasteiger partial charge is 0.330 e. The van der Waals surface area contributed by atoms with Crippen molar-refractivity contribution in [1.82, 2.24) is 14.1 Å². The van der Waals surface area contributed by atoms with E-state index in [1.54, 1.807) is 0 Å². The highest BCUT2D eigenvalue weighted by atomic mass is 15.2. The molecular weight excluding hydrogens is 496 g/mol. The highest BCUT2D eigenvalue weighted by molar-refractivity contribution is 6.40. The Bertz CT molecular complexity index is 2230. The van der Waals surface area contributed by atoms with E-state index in [4.69, 9.17) is 20.7 Å². The lowest BCUT2D eigenvalue weighted by molar-refractivity contribution is 0.358. The van der Waals surface area contributed by atoms with Crippen LogP contribution in [0.4, 0.5) is 0 Å². The zero-order valence-electron chi connectivity index (χ0n) is 23.4. The fraction of sp³-hybridized carbons (Fsp3) is 0.194. The van der Waals surface area contributed by atoms with E-state index in [-0.39, 0.29) is 17.5 Å². The van der Waals surface area contributed by atoms with Gasteiger partial charge in [0.2, 0.25) is 0 Å². The first-order valence-electron chi connectivity index (χ1n) is 14.4. The summed E-state index contributed by atoms with van der Waals surface area (Å²) < 4.78 is 5.20. The Morgan fingerprint density at radius 3 is 1.90 bits per heavy atom. The summed E-state index contributed by atoms with van der Waals surface area (Å²) in [6.07, 6.45) is 1.85. The SMILES string of the molecule is [B]C([B])(c1ccc(-c2cc3c4c(c2)c2ccccc2n4C2c4cccc5c6ccccc6n(c45)C32)nc1)C(C)(C)C. The molecule has 5 heteroatoms. The van der Waals surface area contributed by atoms with Crippen LogP contribution in [0.5, 0.6) is 0 Å². The maximum Gasteiger partial charge on any atom is 0.0862 e. The van der Waals surface area contributed by atoms with Crippen LogP contribution in [0, 0.1) is 5.41 Å². The zero-order valence-corrected chi connectivity index (χ0v) is 23.4. The van der Waals surface area contributed by atoms with Gasteiger partial charge in [-0.3, -0.25) is 4.98 Å². The van der Waals surface area contributed by atoms with Gasteiger partial charge in [0, 0.05) is 55.5 Å². The van der Waals surface area contributed by atoms with Crippen molar-refractivity contribution in [2.45, 2.75) is 38.1 Å². The molecule has 5 heterocycles. The number of aromatic nitrogens is 3. The lowest BCUT2D eigenvalue weighted by Gasteiger charge is -2.40. The summed E-state index contributed by atoms with van der Waals surface area (Å²) in [5.74, 6) is 0. The van der Waals surface area contributed by atoms with Crippen LogP contribution < -0.4 is 0 Å². The van der Waals surface area contributed by atoms with E-state index >= 15 is 0 Å². The molecule has 0 saturated carbocycles. The van der Waals surface area contributed by atoms with E-state index in [9.17, 15) is 0 Å². The highest BCUT2D eigenvalue weighted by Crippen LogP contribution is 2.58. The molecular formula is C36H27B2N3. The zero-order chi connectivity index (χ0) is 27.8. The predicted octanol–water partition coefficient (Wildman–Crippen LogP) is 8.01. The Morgan fingerprint density at radius 1 is 0.634 bits per heavy atom. The average Bonchev–Trinajstić information content (AvgIpc) is 3.69. The van der Waals surface area contributed by atoms with Gasteiger partial charge < -0.3 is 9.13 Å². The third kappa shape index (κ3) is 2.79. The maximum absolute atomic E-state index is 6.58. The van der Waals surface area contributed by atoms with Crippen molar-refractivity contribution in [3.05, 3.63) is 114 Å². The van der Waals surface area contributed by atoms with Crippen LogP contribution in [0.2, 0.25) is 0 Å². The van der Waals surface area contributed by atoms with Crippen LogP contribution in [0.3, 0.4) is 0 Å². The van der Waals surface area contributed by atoms with Crippen molar-refractivity contribution in [2.24, 2.45) is 5.41 Å². The highest BCUT2D eigenvalue weighted by Gasteiger charge is 2.45. The Labute approximate surface area is 241 Å². The Balaban J connectivity index is 1.32. The van der Waals surface area contributed by atoms with Gasteiger partial charge in [-0.25, -0.2) is 0 Å². The van der Waals surface area contributed by atoms with Gasteiger partial charge in [-0.1, -0.05) is 86.6 Å². The fourth-order valence-corrected chi connectivity index (χ4v) is 7.58. The molecule has 0 spiro atoms. The number of pyridine rings is 1. The number of benzene rings is 4. The number of rotatable bonds is 2. The number of para-hydroxylation sites is 3. The van der Waals surface area contributed by atoms with Crippen molar-refractivity contribution in [3.8, 4) is 11.3 Å². The minimum atomic E-state index is -0.978. The van der Waals surface area contributed by atoms with Crippen molar-refractivity contribution >= 4 is 59.3 Å². The third-order valence-electron chi connectivity index (χ3n) is 9.87. The second-order valence-corrected chi connectivity index (χ2v) is 12.9. The molecule has 0 bridgehead atoms. The molecule has 3 aromatic heterocycles. The van der Waals surface area contributed by atoms with E-state index in [1.165, 1.54) is 54.7 Å². The molecule has 4 radical (unpaired) electrons. The minimum Gasteiger partial charge on any atom is -0.330 e. The minimum absolute atomic E-state index is 0.178. The van der Waals surface area contributed by atoms with Crippen LogP contribution in [-0.2, 0) is 5.21 Å². The number of hydrogen-bond donors (Lipinski definition) is 0. The Kier molecular flexibility index (Phi) is 4.31. The second kappa shape index (κ2) is 7.53. The summed E-state index contributed by atoms with van der Waals surface area (Å²) in [6, 6.07) is 33.7. The Morgan fingerprint density at radius 2 is 1.24 bits per heavy atom. The van der Waals surface area contributed by atoms with E-state index in [2.05, 4.69) is 115 Å². The molecule has 2 aliphatic heterocycles. The summed E-state index contributed by atoms with van der Waals surface area (Å²) in [4.78, 5) is 4.92. The average molecular weight is 523 g/mol. The van der Waals surface area contributed by atoms with E-state index in [0.717, 1.165) is 16.8 Å². The molecule has 4 aromatic carbocycles. The first-order chi connectivity index (χ1) is 19.8. The predicted molar refractivity (Wildman–Crippen MR) is 171 cm³/mol. The monoisotopic (exact) mass is 523 g/mol. The standard InChI is InChI=1S/C36H27B2N3/c1-35(2,3)36(37,38)21-15-16-28(39-19-21)20-17-26-23-10-5-7-14-30(23)41-32(26)27(18-20)34-33(41)25-12-8-11-24-22-9-4-6-13-29(22)40(34)31(24)25/h4-19,33-34H,1-3H3. The number of hydrogen-bond acceptors (Lipinski definition) is 1. The molecule has 41 heavy (non-hydrogen) atoms. The molecule has 0 fully saturated rings. The van der Waals surface area contributed by atoms with E-state index < -0.39 is 5.21 Å². The summed E-state index contributed by atoms with van der Waals surface area (Å²) in [7, 11) is 13.2. The maximum atomic E-state index is 6.58. The van der Waals surface area contributed by atoms with Crippen LogP contribution in [0.1, 0.15) is 49.5 Å². The summed E-state index contributed by atoms with van der Waals surface area (Å²) in [6.45, 7) is 6.18. The smallest absolute Gasteiger partial charge is 0.0862 e. The van der Waals surface area contributed by atoms with Gasteiger partial charge in [-0.05, 0) is 41.3 Å². The van der Waals surface area contributed by atoms with Crippen LogP contribution >= 0.6 is 0 Å². The molecule has 2 atom stereocenters. The van der Waals surface area contributed by atoms with Gasteiger partial charge in [0.1, 0.15) is 0 Å². The topological polar surface area (TPSA) is 22.8 Å². The molecule has 0 N–H and O–H groups in total.